The number of hydrogen-bond donors (Lipinski definition) is 1. The maximum absolute atomic E-state index is 13.2. The third-order valence-electron chi connectivity index (χ3n) is 4.41. The Morgan fingerprint density at radius 3 is 2.83 bits per heavy atom. The van der Waals surface area contributed by atoms with Gasteiger partial charge in [0, 0.05) is 43.6 Å². The second kappa shape index (κ2) is 7.21. The molecule has 0 unspecified atom stereocenters. The van der Waals surface area contributed by atoms with E-state index in [2.05, 4.69) is 21.8 Å². The molecule has 1 aliphatic rings. The summed E-state index contributed by atoms with van der Waals surface area (Å²) in [6.07, 6.45) is 5.59. The Bertz CT molecular complexity index is 725. The number of urea groups is 1. The fraction of sp³-hybridized carbons (Fsp3) is 0.412. The maximum Gasteiger partial charge on any atom is 0.321 e. The summed E-state index contributed by atoms with van der Waals surface area (Å²) in [5.74, 6) is 0.981. The highest BCUT2D eigenvalue weighted by molar-refractivity contribution is 6.31. The van der Waals surface area contributed by atoms with Crippen molar-refractivity contribution in [3.63, 3.8) is 0 Å². The number of nitrogens with one attached hydrogen (secondary N) is 1. The molecule has 0 spiro atoms. The molecule has 1 aromatic heterocycles. The van der Waals surface area contributed by atoms with E-state index < -0.39 is 5.82 Å². The average molecular weight is 351 g/mol. The Hall–Kier alpha value is -2.08. The van der Waals surface area contributed by atoms with Crippen LogP contribution in [0.4, 0.5) is 14.9 Å². The van der Waals surface area contributed by atoms with E-state index in [1.165, 1.54) is 18.2 Å². The zero-order valence-electron chi connectivity index (χ0n) is 13.5. The number of benzene rings is 1. The predicted molar refractivity (Wildman–Crippen MR) is 91.9 cm³/mol. The number of hydrogen-bond acceptors (Lipinski definition) is 2. The van der Waals surface area contributed by atoms with Crippen LogP contribution in [0.15, 0.2) is 30.6 Å². The van der Waals surface area contributed by atoms with Crippen molar-refractivity contribution in [3.05, 3.63) is 47.3 Å². The standard InChI is InChI=1S/C17H20ClFN4O/c1-2-22-10-7-20-16(22)12-5-8-23(9-6-12)17(24)21-13-3-4-15(19)14(18)11-13/h3-4,7,10-12H,2,5-6,8-9H2,1H3,(H,21,24). The average Bonchev–Trinajstić information content (AvgIpc) is 3.07. The van der Waals surface area contributed by atoms with Gasteiger partial charge in [-0.15, -0.1) is 0 Å². The predicted octanol–water partition coefficient (Wildman–Crippen LogP) is 4.11. The third kappa shape index (κ3) is 3.53. The van der Waals surface area contributed by atoms with Crippen LogP contribution in [0.2, 0.25) is 5.02 Å². The lowest BCUT2D eigenvalue weighted by molar-refractivity contribution is 0.193. The summed E-state index contributed by atoms with van der Waals surface area (Å²) in [5, 5.41) is 2.76. The summed E-state index contributed by atoms with van der Waals surface area (Å²) in [6, 6.07) is 3.98. The normalized spacial score (nSPS) is 15.5. The van der Waals surface area contributed by atoms with E-state index >= 15 is 0 Å². The van der Waals surface area contributed by atoms with Gasteiger partial charge in [0.25, 0.3) is 0 Å². The summed E-state index contributed by atoms with van der Waals surface area (Å²) in [6.45, 7) is 4.34. The lowest BCUT2D eigenvalue weighted by Crippen LogP contribution is -2.40. The van der Waals surface area contributed by atoms with E-state index in [0.717, 1.165) is 25.2 Å². The molecule has 0 radical (unpaired) electrons. The molecule has 2 aromatic rings. The molecule has 5 nitrogen and oxygen atoms in total. The zero-order chi connectivity index (χ0) is 17.1. The second-order valence-electron chi connectivity index (χ2n) is 5.89. The van der Waals surface area contributed by atoms with Gasteiger partial charge in [-0.1, -0.05) is 11.6 Å². The summed E-state index contributed by atoms with van der Waals surface area (Å²) in [7, 11) is 0. The van der Waals surface area contributed by atoms with Crippen molar-refractivity contribution in [1.82, 2.24) is 14.5 Å². The van der Waals surface area contributed by atoms with E-state index in [1.54, 1.807) is 4.90 Å². The topological polar surface area (TPSA) is 50.2 Å². The van der Waals surface area contributed by atoms with Crippen molar-refractivity contribution >= 4 is 23.3 Å². The summed E-state index contributed by atoms with van der Waals surface area (Å²) in [4.78, 5) is 18.6. The van der Waals surface area contributed by atoms with Crippen LogP contribution in [0, 0.1) is 5.82 Å². The van der Waals surface area contributed by atoms with Gasteiger partial charge in [-0.2, -0.15) is 0 Å². The molecule has 3 rings (SSSR count). The molecule has 0 aliphatic carbocycles. The smallest absolute Gasteiger partial charge is 0.321 e. The second-order valence-corrected chi connectivity index (χ2v) is 6.30. The van der Waals surface area contributed by atoms with E-state index in [4.69, 9.17) is 11.6 Å². The monoisotopic (exact) mass is 350 g/mol. The largest absolute Gasteiger partial charge is 0.335 e. The number of imidazole rings is 1. The van der Waals surface area contributed by atoms with E-state index in [9.17, 15) is 9.18 Å². The van der Waals surface area contributed by atoms with Gasteiger partial charge in [-0.05, 0) is 38.0 Å². The Kier molecular flexibility index (Phi) is 5.04. The fourth-order valence-electron chi connectivity index (χ4n) is 3.07. The molecule has 7 heteroatoms. The quantitative estimate of drug-likeness (QED) is 0.905. The molecule has 1 saturated heterocycles. The Balaban J connectivity index is 1.58. The lowest BCUT2D eigenvalue weighted by atomic mass is 9.96. The number of likely N-dealkylation sites (tertiary alicyclic amines) is 1. The van der Waals surface area contributed by atoms with Crippen LogP contribution in [0.3, 0.4) is 0 Å². The van der Waals surface area contributed by atoms with Gasteiger partial charge in [-0.3, -0.25) is 0 Å². The van der Waals surface area contributed by atoms with E-state index in [-0.39, 0.29) is 11.1 Å². The number of rotatable bonds is 3. The maximum atomic E-state index is 13.2. The Morgan fingerprint density at radius 1 is 1.42 bits per heavy atom. The molecule has 2 amide bonds. The van der Waals surface area contributed by atoms with Crippen LogP contribution < -0.4 is 5.32 Å². The molecule has 1 aliphatic heterocycles. The highest BCUT2D eigenvalue weighted by atomic mass is 35.5. The van der Waals surface area contributed by atoms with Crippen molar-refractivity contribution in [2.24, 2.45) is 0 Å². The Morgan fingerprint density at radius 2 is 2.17 bits per heavy atom. The molecular formula is C17H20ClFN4O. The number of anilines is 1. The number of carbonyl (C=O) groups excluding carboxylic acids is 1. The summed E-state index contributed by atoms with van der Waals surface area (Å²) < 4.78 is 15.3. The minimum absolute atomic E-state index is 0.00194. The molecule has 0 atom stereocenters. The molecule has 0 saturated carbocycles. The van der Waals surface area contributed by atoms with Crippen LogP contribution in [-0.2, 0) is 6.54 Å². The number of halogens is 2. The van der Waals surface area contributed by atoms with Gasteiger partial charge in [0.05, 0.1) is 5.02 Å². The summed E-state index contributed by atoms with van der Waals surface area (Å²) in [5.41, 5.74) is 0.495. The van der Waals surface area contributed by atoms with E-state index in [1.807, 2.05) is 12.4 Å². The number of aryl methyl sites for hydroxylation is 1. The fourth-order valence-corrected chi connectivity index (χ4v) is 3.25. The third-order valence-corrected chi connectivity index (χ3v) is 4.70. The van der Waals surface area contributed by atoms with Crippen molar-refractivity contribution in [1.29, 1.82) is 0 Å². The van der Waals surface area contributed by atoms with Crippen LogP contribution in [0.1, 0.15) is 31.5 Å². The van der Waals surface area contributed by atoms with Gasteiger partial charge < -0.3 is 14.8 Å². The number of piperidine rings is 1. The highest BCUT2D eigenvalue weighted by Crippen LogP contribution is 2.27. The van der Waals surface area contributed by atoms with Crippen LogP contribution >= 0.6 is 11.6 Å². The number of nitrogens with zero attached hydrogens (tertiary/aromatic N) is 3. The van der Waals surface area contributed by atoms with E-state index in [0.29, 0.717) is 24.7 Å². The van der Waals surface area contributed by atoms with Crippen molar-refractivity contribution in [2.75, 3.05) is 18.4 Å². The number of aromatic nitrogens is 2. The lowest BCUT2D eigenvalue weighted by Gasteiger charge is -2.32. The number of amides is 2. The Labute approximate surface area is 145 Å². The minimum atomic E-state index is -0.498. The van der Waals surface area contributed by atoms with Crippen molar-refractivity contribution < 1.29 is 9.18 Å². The SMILES string of the molecule is CCn1ccnc1C1CCN(C(=O)Nc2ccc(F)c(Cl)c2)CC1. The first-order valence-corrected chi connectivity index (χ1v) is 8.48. The first kappa shape index (κ1) is 16.8. The molecule has 1 fully saturated rings. The van der Waals surface area contributed by atoms with Gasteiger partial charge in [0.15, 0.2) is 0 Å². The molecule has 1 N–H and O–H groups in total. The van der Waals surface area contributed by atoms with Gasteiger partial charge in [0.1, 0.15) is 11.6 Å². The van der Waals surface area contributed by atoms with Crippen LogP contribution in [-0.4, -0.2) is 33.6 Å². The molecule has 128 valence electrons. The summed E-state index contributed by atoms with van der Waals surface area (Å²) >= 11 is 5.74. The highest BCUT2D eigenvalue weighted by Gasteiger charge is 2.26. The number of carbonyl (C=O) groups is 1. The van der Waals surface area contributed by atoms with Crippen LogP contribution in [0.5, 0.6) is 0 Å². The van der Waals surface area contributed by atoms with Crippen molar-refractivity contribution in [3.8, 4) is 0 Å². The molecule has 24 heavy (non-hydrogen) atoms. The molecule has 2 heterocycles. The molecular weight excluding hydrogens is 331 g/mol. The first-order chi connectivity index (χ1) is 11.6. The van der Waals surface area contributed by atoms with Gasteiger partial charge in [-0.25, -0.2) is 14.2 Å². The van der Waals surface area contributed by atoms with Crippen LogP contribution in [0.25, 0.3) is 0 Å². The van der Waals surface area contributed by atoms with Gasteiger partial charge in [0.2, 0.25) is 0 Å². The molecule has 1 aromatic carbocycles. The molecule has 0 bridgehead atoms. The minimum Gasteiger partial charge on any atom is -0.335 e. The van der Waals surface area contributed by atoms with Crippen molar-refractivity contribution in [2.45, 2.75) is 32.2 Å². The van der Waals surface area contributed by atoms with Gasteiger partial charge >= 0.3 is 6.03 Å². The zero-order valence-corrected chi connectivity index (χ0v) is 14.3. The first-order valence-electron chi connectivity index (χ1n) is 8.10.